The van der Waals surface area contributed by atoms with Crippen molar-refractivity contribution in [2.24, 2.45) is 0 Å². The summed E-state index contributed by atoms with van der Waals surface area (Å²) >= 11 is 0. The predicted molar refractivity (Wildman–Crippen MR) is 134 cm³/mol. The van der Waals surface area contributed by atoms with Gasteiger partial charge in [-0.15, -0.1) is 0 Å². The highest BCUT2D eigenvalue weighted by atomic mass is 16.5. The number of carbonyl (C=O) groups excluding carboxylic acids is 2. The number of benzene rings is 2. The molecule has 1 aliphatic rings. The maximum atomic E-state index is 13.4. The summed E-state index contributed by atoms with van der Waals surface area (Å²) in [5.41, 5.74) is 2.85. The number of pyridine rings is 1. The van der Waals surface area contributed by atoms with Gasteiger partial charge in [-0.05, 0) is 47.4 Å². The van der Waals surface area contributed by atoms with Crippen molar-refractivity contribution in [1.29, 1.82) is 0 Å². The first-order valence-corrected chi connectivity index (χ1v) is 11.5. The molecule has 8 nitrogen and oxygen atoms in total. The van der Waals surface area contributed by atoms with Gasteiger partial charge in [-0.3, -0.25) is 14.6 Å². The Kier molecular flexibility index (Phi) is 7.24. The molecule has 0 spiro atoms. The van der Waals surface area contributed by atoms with Crippen LogP contribution in [0.3, 0.4) is 0 Å². The lowest BCUT2D eigenvalue weighted by Crippen LogP contribution is -2.29. The molecule has 0 radical (unpaired) electrons. The number of aliphatic hydroxyl groups is 1. The summed E-state index contributed by atoms with van der Waals surface area (Å²) in [6, 6.07) is 13.3. The van der Waals surface area contributed by atoms with Crippen molar-refractivity contribution >= 4 is 17.4 Å². The van der Waals surface area contributed by atoms with Crippen LogP contribution in [-0.2, 0) is 22.6 Å². The number of methoxy groups -OCH3 is 3. The summed E-state index contributed by atoms with van der Waals surface area (Å²) < 4.78 is 16.5. The number of aryl methyl sites for hydroxylation is 1. The Hall–Kier alpha value is -4.33. The second kappa shape index (κ2) is 10.5. The maximum Gasteiger partial charge on any atom is 0.295 e. The van der Waals surface area contributed by atoms with Crippen LogP contribution in [0.15, 0.2) is 66.5 Å². The molecular weight excluding hydrogens is 460 g/mol. The maximum absolute atomic E-state index is 13.4. The molecular formula is C28H28N2O6. The fourth-order valence-electron chi connectivity index (χ4n) is 4.39. The van der Waals surface area contributed by atoms with Crippen molar-refractivity contribution < 1.29 is 28.9 Å². The number of nitrogens with zero attached hydrogens (tertiary/aromatic N) is 2. The Labute approximate surface area is 209 Å². The molecule has 2 heterocycles. The molecule has 1 fully saturated rings. The van der Waals surface area contributed by atoms with E-state index in [2.05, 4.69) is 4.98 Å². The lowest BCUT2D eigenvalue weighted by atomic mass is 9.94. The second-order valence-electron chi connectivity index (χ2n) is 8.29. The van der Waals surface area contributed by atoms with Crippen molar-refractivity contribution in [3.63, 3.8) is 0 Å². The average molecular weight is 489 g/mol. The van der Waals surface area contributed by atoms with Gasteiger partial charge in [0.05, 0.1) is 32.9 Å². The molecule has 1 N–H and O–H groups in total. The summed E-state index contributed by atoms with van der Waals surface area (Å²) in [4.78, 5) is 32.1. The van der Waals surface area contributed by atoms with Crippen LogP contribution in [0.25, 0.3) is 5.76 Å². The Balaban J connectivity index is 1.93. The van der Waals surface area contributed by atoms with Gasteiger partial charge in [0.1, 0.15) is 5.76 Å². The number of hydrogen-bond acceptors (Lipinski definition) is 7. The van der Waals surface area contributed by atoms with Crippen LogP contribution in [0.2, 0.25) is 0 Å². The minimum Gasteiger partial charge on any atom is -0.507 e. The summed E-state index contributed by atoms with van der Waals surface area (Å²) in [5, 5.41) is 11.3. The van der Waals surface area contributed by atoms with E-state index < -0.39 is 17.7 Å². The summed E-state index contributed by atoms with van der Waals surface area (Å²) in [6.07, 6.45) is 4.08. The number of ketones is 1. The van der Waals surface area contributed by atoms with Gasteiger partial charge in [-0.2, -0.15) is 0 Å². The van der Waals surface area contributed by atoms with Crippen LogP contribution in [0, 0.1) is 0 Å². The van der Waals surface area contributed by atoms with Gasteiger partial charge in [0.2, 0.25) is 5.75 Å². The Morgan fingerprint density at radius 1 is 0.917 bits per heavy atom. The first-order valence-electron chi connectivity index (χ1n) is 11.5. The van der Waals surface area contributed by atoms with Crippen molar-refractivity contribution in [3.8, 4) is 17.2 Å². The standard InChI is InChI=1S/C28H28N2O6/c1-5-17-6-8-19(9-7-17)25(31)23-24(20-14-21(34-2)27(36-4)22(15-20)35-3)30(28(33)26(23)32)16-18-10-12-29-13-11-18/h6-15,24,31H,5,16H2,1-4H3/b25-23+. The molecule has 3 aromatic rings. The number of aliphatic hydroxyl groups excluding tert-OH is 1. The molecule has 0 bridgehead atoms. The Morgan fingerprint density at radius 2 is 1.53 bits per heavy atom. The number of aromatic nitrogens is 1. The summed E-state index contributed by atoms with van der Waals surface area (Å²) in [7, 11) is 4.48. The monoisotopic (exact) mass is 488 g/mol. The van der Waals surface area contributed by atoms with Gasteiger partial charge in [0.15, 0.2) is 11.5 Å². The molecule has 36 heavy (non-hydrogen) atoms. The lowest BCUT2D eigenvalue weighted by Gasteiger charge is -2.26. The minimum atomic E-state index is -0.891. The molecule has 1 atom stereocenters. The molecule has 1 saturated heterocycles. The largest absolute Gasteiger partial charge is 0.507 e. The topological polar surface area (TPSA) is 98.2 Å². The average Bonchev–Trinajstić information content (AvgIpc) is 3.17. The lowest BCUT2D eigenvalue weighted by molar-refractivity contribution is -0.140. The molecule has 186 valence electrons. The highest BCUT2D eigenvalue weighted by molar-refractivity contribution is 6.46. The van der Waals surface area contributed by atoms with Gasteiger partial charge in [-0.1, -0.05) is 31.2 Å². The normalized spacial score (nSPS) is 16.8. The quantitative estimate of drug-likeness (QED) is 0.287. The number of likely N-dealkylation sites (tertiary alicyclic amines) is 1. The third-order valence-electron chi connectivity index (χ3n) is 6.28. The molecule has 8 heteroatoms. The molecule has 1 unspecified atom stereocenters. The molecule has 4 rings (SSSR count). The van der Waals surface area contributed by atoms with Gasteiger partial charge in [0.25, 0.3) is 11.7 Å². The molecule has 0 saturated carbocycles. The molecule has 1 aromatic heterocycles. The smallest absolute Gasteiger partial charge is 0.295 e. The number of Topliss-reactive ketones (excluding diaryl/α,β-unsaturated/α-hetero) is 1. The Bertz CT molecular complexity index is 1280. The number of carbonyl (C=O) groups is 2. The highest BCUT2D eigenvalue weighted by Crippen LogP contribution is 2.46. The van der Waals surface area contributed by atoms with Crippen LogP contribution in [-0.4, -0.2) is 48.0 Å². The highest BCUT2D eigenvalue weighted by Gasteiger charge is 2.46. The number of rotatable bonds is 8. The SMILES string of the molecule is CCc1ccc(/C(O)=C2\C(=O)C(=O)N(Cc3ccncc3)C2c2cc(OC)c(OC)c(OC)c2)cc1. The molecule has 1 aliphatic heterocycles. The number of amides is 1. The van der Waals surface area contributed by atoms with E-state index in [0.717, 1.165) is 17.5 Å². The zero-order valence-corrected chi connectivity index (χ0v) is 20.6. The van der Waals surface area contributed by atoms with E-state index in [0.29, 0.717) is 28.4 Å². The third-order valence-corrected chi connectivity index (χ3v) is 6.28. The summed E-state index contributed by atoms with van der Waals surface area (Å²) in [6.45, 7) is 2.17. The van der Waals surface area contributed by atoms with Crippen molar-refractivity contribution in [2.75, 3.05) is 21.3 Å². The van der Waals surface area contributed by atoms with E-state index in [1.165, 1.54) is 26.2 Å². The van der Waals surface area contributed by atoms with E-state index in [9.17, 15) is 14.7 Å². The summed E-state index contributed by atoms with van der Waals surface area (Å²) in [5.74, 6) is -0.601. The first-order chi connectivity index (χ1) is 17.4. The van der Waals surface area contributed by atoms with Gasteiger partial charge < -0.3 is 24.2 Å². The van der Waals surface area contributed by atoms with E-state index in [1.807, 2.05) is 19.1 Å². The van der Waals surface area contributed by atoms with Gasteiger partial charge in [-0.25, -0.2) is 0 Å². The molecule has 0 aliphatic carbocycles. The Morgan fingerprint density at radius 3 is 2.06 bits per heavy atom. The van der Waals surface area contributed by atoms with E-state index in [1.54, 1.807) is 48.8 Å². The second-order valence-corrected chi connectivity index (χ2v) is 8.29. The van der Waals surface area contributed by atoms with Gasteiger partial charge in [0, 0.05) is 24.5 Å². The van der Waals surface area contributed by atoms with Crippen molar-refractivity contribution in [1.82, 2.24) is 9.88 Å². The first kappa shape index (κ1) is 24.8. The minimum absolute atomic E-state index is 0.00687. The molecule has 2 aromatic carbocycles. The zero-order valence-electron chi connectivity index (χ0n) is 20.6. The third kappa shape index (κ3) is 4.49. The predicted octanol–water partition coefficient (Wildman–Crippen LogP) is 4.29. The van der Waals surface area contributed by atoms with Crippen LogP contribution in [0.1, 0.15) is 35.2 Å². The van der Waals surface area contributed by atoms with E-state index >= 15 is 0 Å². The van der Waals surface area contributed by atoms with Gasteiger partial charge >= 0.3 is 0 Å². The van der Waals surface area contributed by atoms with Crippen molar-refractivity contribution in [3.05, 3.63) is 88.8 Å². The number of ether oxygens (including phenoxy) is 3. The van der Waals surface area contributed by atoms with E-state index in [-0.39, 0.29) is 17.9 Å². The fourth-order valence-corrected chi connectivity index (χ4v) is 4.39. The number of hydrogen-bond donors (Lipinski definition) is 1. The van der Waals surface area contributed by atoms with Crippen LogP contribution < -0.4 is 14.2 Å². The fraction of sp³-hybridized carbons (Fsp3) is 0.250. The van der Waals surface area contributed by atoms with Crippen LogP contribution in [0.4, 0.5) is 0 Å². The van der Waals surface area contributed by atoms with E-state index in [4.69, 9.17) is 14.2 Å². The van der Waals surface area contributed by atoms with Crippen LogP contribution in [0.5, 0.6) is 17.2 Å². The van der Waals surface area contributed by atoms with Crippen LogP contribution >= 0.6 is 0 Å². The zero-order chi connectivity index (χ0) is 25.8. The molecule has 1 amide bonds. The van der Waals surface area contributed by atoms with Crippen molar-refractivity contribution in [2.45, 2.75) is 25.9 Å².